The monoisotopic (exact) mass is 223 g/mol. The van der Waals surface area contributed by atoms with Gasteiger partial charge < -0.3 is 9.47 Å². The van der Waals surface area contributed by atoms with E-state index < -0.39 is 5.72 Å². The summed E-state index contributed by atoms with van der Waals surface area (Å²) >= 11 is 0. The highest BCUT2D eigenvalue weighted by molar-refractivity contribution is 5.21. The molecule has 3 aliphatic rings. The first-order chi connectivity index (χ1) is 7.57. The van der Waals surface area contributed by atoms with Crippen molar-refractivity contribution in [3.8, 4) is 0 Å². The number of hydrogen-bond donors (Lipinski definition) is 1. The molecule has 1 unspecified atom stereocenters. The van der Waals surface area contributed by atoms with Gasteiger partial charge in [0.2, 0.25) is 0 Å². The van der Waals surface area contributed by atoms with Crippen LogP contribution in [0.2, 0.25) is 0 Å². The molecule has 16 heavy (non-hydrogen) atoms. The predicted molar refractivity (Wildman–Crippen MR) is 63.9 cm³/mol. The summed E-state index contributed by atoms with van der Waals surface area (Å²) in [6.07, 6.45) is 7.40. The van der Waals surface area contributed by atoms with E-state index in [1.54, 1.807) is 20.3 Å². The van der Waals surface area contributed by atoms with Crippen molar-refractivity contribution in [3.05, 3.63) is 24.5 Å². The minimum Gasteiger partial charge on any atom is -0.497 e. The lowest BCUT2D eigenvalue weighted by molar-refractivity contribution is -0.133. The molecule has 3 nitrogen and oxygen atoms in total. The number of ether oxygens (including phenoxy) is 2. The second-order valence-corrected chi connectivity index (χ2v) is 5.09. The molecule has 1 N–H and O–H groups in total. The molecule has 1 atom stereocenters. The van der Waals surface area contributed by atoms with Crippen LogP contribution in [-0.4, -0.2) is 25.5 Å². The number of nitrogens with one attached hydrogen (secondary N) is 1. The lowest BCUT2D eigenvalue weighted by Crippen LogP contribution is -2.72. The van der Waals surface area contributed by atoms with Gasteiger partial charge in [-0.1, -0.05) is 12.7 Å². The Morgan fingerprint density at radius 2 is 2.06 bits per heavy atom. The number of hydrogen-bond acceptors (Lipinski definition) is 3. The van der Waals surface area contributed by atoms with Crippen molar-refractivity contribution in [1.82, 2.24) is 5.32 Å². The topological polar surface area (TPSA) is 30.5 Å². The lowest BCUT2D eigenvalue weighted by atomic mass is 9.49. The quantitative estimate of drug-likeness (QED) is 0.425. The van der Waals surface area contributed by atoms with E-state index in [2.05, 4.69) is 11.9 Å². The van der Waals surface area contributed by atoms with E-state index in [1.807, 2.05) is 13.0 Å². The highest BCUT2D eigenvalue weighted by Crippen LogP contribution is 2.58. The van der Waals surface area contributed by atoms with Crippen molar-refractivity contribution in [2.45, 2.75) is 37.5 Å². The zero-order valence-corrected chi connectivity index (χ0v) is 10.4. The van der Waals surface area contributed by atoms with E-state index in [4.69, 9.17) is 9.47 Å². The van der Waals surface area contributed by atoms with Crippen molar-refractivity contribution in [3.63, 3.8) is 0 Å². The van der Waals surface area contributed by atoms with Crippen molar-refractivity contribution in [1.29, 1.82) is 0 Å². The molecule has 0 aromatic rings. The molecule has 2 bridgehead atoms. The predicted octanol–water partition coefficient (Wildman–Crippen LogP) is 2.21. The maximum Gasteiger partial charge on any atom is 0.174 e. The second kappa shape index (κ2) is 3.90. The van der Waals surface area contributed by atoms with Crippen LogP contribution in [0.3, 0.4) is 0 Å². The molecular formula is C13H21NO2. The molecule has 0 aromatic carbocycles. The van der Waals surface area contributed by atoms with Crippen LogP contribution in [0, 0.1) is 5.92 Å². The van der Waals surface area contributed by atoms with Gasteiger partial charge in [0.15, 0.2) is 5.72 Å². The van der Waals surface area contributed by atoms with Gasteiger partial charge in [-0.25, -0.2) is 0 Å². The SMILES string of the molecule is C=CC=C(OC)C(C)(NC12CC(C1)C2)OC. The Balaban J connectivity index is 2.10. The summed E-state index contributed by atoms with van der Waals surface area (Å²) in [4.78, 5) is 0. The molecule has 0 aliphatic heterocycles. The fourth-order valence-electron chi connectivity index (χ4n) is 2.88. The maximum atomic E-state index is 5.59. The molecule has 90 valence electrons. The summed E-state index contributed by atoms with van der Waals surface area (Å²) in [7, 11) is 3.37. The van der Waals surface area contributed by atoms with Gasteiger partial charge in [0.1, 0.15) is 5.76 Å². The van der Waals surface area contributed by atoms with Crippen molar-refractivity contribution in [2.24, 2.45) is 5.92 Å². The van der Waals surface area contributed by atoms with Crippen LogP contribution in [0.5, 0.6) is 0 Å². The van der Waals surface area contributed by atoms with E-state index >= 15 is 0 Å². The molecule has 0 aromatic heterocycles. The molecule has 0 amide bonds. The average molecular weight is 223 g/mol. The zero-order chi connectivity index (χ0) is 11.8. The molecular weight excluding hydrogens is 202 g/mol. The molecule has 3 aliphatic carbocycles. The van der Waals surface area contributed by atoms with E-state index in [-0.39, 0.29) is 0 Å². The van der Waals surface area contributed by atoms with Crippen molar-refractivity contribution >= 4 is 0 Å². The Kier molecular flexibility index (Phi) is 2.84. The molecule has 0 radical (unpaired) electrons. The summed E-state index contributed by atoms with van der Waals surface area (Å²) in [6, 6.07) is 0. The fraction of sp³-hybridized carbons (Fsp3) is 0.692. The standard InChI is InChI=1S/C13H21NO2/c1-5-6-11(15-3)12(2,16-4)14-13-7-10(8-13)9-13/h5-6,10,14H,1,7-9H2,2-4H3. The Morgan fingerprint density at radius 1 is 1.44 bits per heavy atom. The normalized spacial score (nSPS) is 35.7. The molecule has 3 fully saturated rings. The Morgan fingerprint density at radius 3 is 2.38 bits per heavy atom. The van der Waals surface area contributed by atoms with Gasteiger partial charge in [-0.15, -0.1) is 0 Å². The zero-order valence-electron chi connectivity index (χ0n) is 10.4. The van der Waals surface area contributed by atoms with E-state index in [0.717, 1.165) is 11.7 Å². The average Bonchev–Trinajstić information content (AvgIpc) is 2.18. The van der Waals surface area contributed by atoms with Crippen LogP contribution in [0.25, 0.3) is 0 Å². The molecule has 3 heteroatoms. The van der Waals surface area contributed by atoms with Crippen molar-refractivity contribution in [2.75, 3.05) is 14.2 Å². The van der Waals surface area contributed by atoms with Crippen LogP contribution >= 0.6 is 0 Å². The van der Waals surface area contributed by atoms with Crippen LogP contribution in [0.15, 0.2) is 24.5 Å². The van der Waals surface area contributed by atoms with Gasteiger partial charge in [0.05, 0.1) is 7.11 Å². The van der Waals surface area contributed by atoms with E-state index in [1.165, 1.54) is 19.3 Å². The van der Waals surface area contributed by atoms with E-state index in [0.29, 0.717) is 5.54 Å². The van der Waals surface area contributed by atoms with Gasteiger partial charge in [0.25, 0.3) is 0 Å². The summed E-state index contributed by atoms with van der Waals surface area (Å²) in [5.41, 5.74) is -0.247. The second-order valence-electron chi connectivity index (χ2n) is 5.09. The minimum atomic E-state index is -0.547. The fourth-order valence-corrected chi connectivity index (χ4v) is 2.88. The van der Waals surface area contributed by atoms with Crippen molar-refractivity contribution < 1.29 is 9.47 Å². The van der Waals surface area contributed by atoms with Crippen LogP contribution in [0.4, 0.5) is 0 Å². The summed E-state index contributed by atoms with van der Waals surface area (Å²) in [5.74, 6) is 1.72. The molecule has 0 heterocycles. The first-order valence-electron chi connectivity index (χ1n) is 5.79. The molecule has 3 saturated carbocycles. The van der Waals surface area contributed by atoms with Gasteiger partial charge in [-0.3, -0.25) is 5.32 Å². The van der Waals surface area contributed by atoms with Crippen LogP contribution < -0.4 is 5.32 Å². The van der Waals surface area contributed by atoms with Gasteiger partial charge in [-0.2, -0.15) is 0 Å². The first kappa shape index (κ1) is 11.7. The smallest absolute Gasteiger partial charge is 0.174 e. The third kappa shape index (κ3) is 1.68. The highest BCUT2D eigenvalue weighted by atomic mass is 16.5. The first-order valence-corrected chi connectivity index (χ1v) is 5.79. The number of rotatable bonds is 6. The Labute approximate surface area is 97.5 Å². The van der Waals surface area contributed by atoms with E-state index in [9.17, 15) is 0 Å². The lowest BCUT2D eigenvalue weighted by Gasteiger charge is -2.64. The van der Waals surface area contributed by atoms with Gasteiger partial charge >= 0.3 is 0 Å². The maximum absolute atomic E-state index is 5.59. The summed E-state index contributed by atoms with van der Waals surface area (Å²) < 4.78 is 11.0. The Bertz CT molecular complexity index is 307. The molecule has 0 spiro atoms. The third-order valence-electron chi connectivity index (χ3n) is 3.91. The molecule has 0 saturated heterocycles. The largest absolute Gasteiger partial charge is 0.497 e. The minimum absolute atomic E-state index is 0.300. The summed E-state index contributed by atoms with van der Waals surface area (Å²) in [5, 5.41) is 3.59. The molecule has 3 rings (SSSR count). The highest BCUT2D eigenvalue weighted by Gasteiger charge is 2.59. The number of methoxy groups -OCH3 is 2. The van der Waals surface area contributed by atoms with Gasteiger partial charge in [-0.05, 0) is 38.2 Å². The van der Waals surface area contributed by atoms with Gasteiger partial charge in [0, 0.05) is 12.6 Å². The van der Waals surface area contributed by atoms with Crippen LogP contribution in [-0.2, 0) is 9.47 Å². The Hall–Kier alpha value is -0.800. The summed E-state index contributed by atoms with van der Waals surface area (Å²) in [6.45, 7) is 5.70. The third-order valence-corrected chi connectivity index (χ3v) is 3.91. The van der Waals surface area contributed by atoms with Crippen LogP contribution in [0.1, 0.15) is 26.2 Å². The number of allylic oxidation sites excluding steroid dienone is 2.